The Hall–Kier alpha value is -0.390. The zero-order chi connectivity index (χ0) is 6.85. The van der Waals surface area contributed by atoms with Crippen LogP contribution < -0.4 is 0 Å². The Morgan fingerprint density at radius 2 is 2.56 bits per heavy atom. The third-order valence-corrected chi connectivity index (χ3v) is 1.54. The molecular weight excluding hydrogens is 233 g/mol. The third kappa shape index (κ3) is 1.29. The summed E-state index contributed by atoms with van der Waals surface area (Å²) in [6, 6.07) is 0. The van der Waals surface area contributed by atoms with Crippen molar-refractivity contribution in [3.63, 3.8) is 0 Å². The summed E-state index contributed by atoms with van der Waals surface area (Å²) < 4.78 is 4.61. The number of nitrogens with zero attached hydrogens (tertiary/aromatic N) is 1. The van der Waals surface area contributed by atoms with Crippen molar-refractivity contribution < 1.29 is 9.32 Å². The highest BCUT2D eigenvalue weighted by Crippen LogP contribution is 2.09. The highest BCUT2D eigenvalue weighted by atomic mass is 127. The Kier molecular flexibility index (Phi) is 1.84. The van der Waals surface area contributed by atoms with E-state index in [9.17, 15) is 4.79 Å². The van der Waals surface area contributed by atoms with Gasteiger partial charge in [0.1, 0.15) is 5.76 Å². The Balaban J connectivity index is 3.08. The van der Waals surface area contributed by atoms with Crippen LogP contribution in [0.3, 0.4) is 0 Å². The summed E-state index contributed by atoms with van der Waals surface area (Å²) in [4.78, 5) is 10.6. The number of rotatable bonds is 1. The Bertz CT molecular complexity index is 231. The molecule has 3 nitrogen and oxygen atoms in total. The van der Waals surface area contributed by atoms with Crippen LogP contribution in [-0.2, 0) is 0 Å². The van der Waals surface area contributed by atoms with E-state index in [-0.39, 0.29) is 3.79 Å². The van der Waals surface area contributed by atoms with Gasteiger partial charge in [-0.05, 0) is 6.92 Å². The van der Waals surface area contributed by atoms with Gasteiger partial charge in [-0.3, -0.25) is 4.79 Å². The molecule has 0 saturated heterocycles. The molecule has 9 heavy (non-hydrogen) atoms. The van der Waals surface area contributed by atoms with E-state index in [1.807, 2.05) is 0 Å². The van der Waals surface area contributed by atoms with Crippen LogP contribution in [-0.4, -0.2) is 8.95 Å². The van der Waals surface area contributed by atoms with Crippen molar-refractivity contribution in [2.24, 2.45) is 0 Å². The number of carbonyl (C=O) groups excluding carboxylic acids is 1. The van der Waals surface area contributed by atoms with Gasteiger partial charge >= 0.3 is 0 Å². The van der Waals surface area contributed by atoms with Gasteiger partial charge in [0.15, 0.2) is 0 Å². The Labute approximate surface area is 65.5 Å². The number of aryl methyl sites for hydroxylation is 1. The minimum Gasteiger partial charge on any atom is -0.361 e. The molecule has 0 aliphatic rings. The molecule has 1 rings (SSSR count). The van der Waals surface area contributed by atoms with E-state index < -0.39 is 0 Å². The summed E-state index contributed by atoms with van der Waals surface area (Å²) in [6.45, 7) is 1.71. The minimum atomic E-state index is -0.0358. The van der Waals surface area contributed by atoms with Gasteiger partial charge in [-0.2, -0.15) is 0 Å². The summed E-state index contributed by atoms with van der Waals surface area (Å²) in [7, 11) is 0. The van der Waals surface area contributed by atoms with Crippen molar-refractivity contribution in [2.45, 2.75) is 6.92 Å². The first-order chi connectivity index (χ1) is 4.22. The lowest BCUT2D eigenvalue weighted by Crippen LogP contribution is -1.85. The van der Waals surface area contributed by atoms with Crippen molar-refractivity contribution in [2.75, 3.05) is 0 Å². The van der Waals surface area contributed by atoms with Crippen molar-refractivity contribution in [3.8, 4) is 0 Å². The molecule has 0 N–H and O–H groups in total. The molecular formula is C5H4INO2. The fourth-order valence-corrected chi connectivity index (χ4v) is 1.01. The van der Waals surface area contributed by atoms with Crippen LogP contribution in [0.4, 0.5) is 0 Å². The van der Waals surface area contributed by atoms with E-state index >= 15 is 0 Å². The van der Waals surface area contributed by atoms with Crippen LogP contribution >= 0.6 is 22.6 Å². The molecule has 0 spiro atoms. The van der Waals surface area contributed by atoms with Gasteiger partial charge in [-0.25, -0.2) is 0 Å². The summed E-state index contributed by atoms with van der Waals surface area (Å²) in [5, 5.41) is 3.44. The molecule has 0 aliphatic carbocycles. The third-order valence-electron chi connectivity index (χ3n) is 0.962. The van der Waals surface area contributed by atoms with Gasteiger partial charge in [0.05, 0.1) is 11.8 Å². The standard InChI is InChI=1S/C5H4INO2/c1-3-4(5(6)8)2-7-9-3/h2H,1H3. The average Bonchev–Trinajstić information content (AvgIpc) is 2.13. The van der Waals surface area contributed by atoms with E-state index in [4.69, 9.17) is 0 Å². The largest absolute Gasteiger partial charge is 0.361 e. The Morgan fingerprint density at radius 3 is 2.78 bits per heavy atom. The number of carbonyl (C=O) groups is 1. The van der Waals surface area contributed by atoms with Gasteiger partial charge in [0.25, 0.3) is 0 Å². The van der Waals surface area contributed by atoms with Crippen LogP contribution in [0, 0.1) is 6.92 Å². The zero-order valence-electron chi connectivity index (χ0n) is 4.72. The molecule has 0 unspecified atom stereocenters. The first-order valence-electron chi connectivity index (χ1n) is 2.33. The molecule has 0 fully saturated rings. The molecule has 48 valence electrons. The van der Waals surface area contributed by atoms with Crippen LogP contribution in [0.15, 0.2) is 10.7 Å². The molecule has 0 radical (unpaired) electrons. The number of halogens is 1. The normalized spacial score (nSPS) is 9.56. The molecule has 0 aromatic carbocycles. The van der Waals surface area contributed by atoms with Crippen molar-refractivity contribution >= 4 is 26.4 Å². The van der Waals surface area contributed by atoms with E-state index in [0.29, 0.717) is 11.3 Å². The topological polar surface area (TPSA) is 43.1 Å². The quantitative estimate of drug-likeness (QED) is 0.549. The van der Waals surface area contributed by atoms with Gasteiger partial charge < -0.3 is 4.52 Å². The van der Waals surface area contributed by atoms with E-state index in [2.05, 4.69) is 9.68 Å². The average molecular weight is 237 g/mol. The molecule has 1 heterocycles. The predicted molar refractivity (Wildman–Crippen MR) is 39.6 cm³/mol. The summed E-state index contributed by atoms with van der Waals surface area (Å²) in [5.41, 5.74) is 0.551. The van der Waals surface area contributed by atoms with Gasteiger partial charge in [0, 0.05) is 22.6 Å². The minimum absolute atomic E-state index is 0.0358. The smallest absolute Gasteiger partial charge is 0.227 e. The van der Waals surface area contributed by atoms with Gasteiger partial charge in [-0.1, -0.05) is 5.16 Å². The highest BCUT2D eigenvalue weighted by molar-refractivity contribution is 14.1. The lowest BCUT2D eigenvalue weighted by atomic mass is 10.3. The fourth-order valence-electron chi connectivity index (χ4n) is 0.487. The highest BCUT2D eigenvalue weighted by Gasteiger charge is 2.07. The molecule has 1 aromatic heterocycles. The van der Waals surface area contributed by atoms with Gasteiger partial charge in [0.2, 0.25) is 3.79 Å². The molecule has 4 heteroatoms. The Morgan fingerprint density at radius 1 is 1.89 bits per heavy atom. The predicted octanol–water partition coefficient (Wildman–Crippen LogP) is 1.56. The number of hydrogen-bond acceptors (Lipinski definition) is 3. The first kappa shape index (κ1) is 6.73. The molecule has 0 bridgehead atoms. The second kappa shape index (κ2) is 2.47. The van der Waals surface area contributed by atoms with Crippen LogP contribution in [0.2, 0.25) is 0 Å². The molecule has 0 saturated carbocycles. The van der Waals surface area contributed by atoms with E-state index in [1.54, 1.807) is 29.5 Å². The maximum Gasteiger partial charge on any atom is 0.227 e. The van der Waals surface area contributed by atoms with Crippen LogP contribution in [0.5, 0.6) is 0 Å². The number of hydrogen-bond donors (Lipinski definition) is 0. The van der Waals surface area contributed by atoms with Crippen LogP contribution in [0.25, 0.3) is 0 Å². The summed E-state index contributed by atoms with van der Waals surface area (Å²) in [6.07, 6.45) is 1.42. The van der Waals surface area contributed by atoms with E-state index in [0.717, 1.165) is 0 Å². The van der Waals surface area contributed by atoms with Gasteiger partial charge in [-0.15, -0.1) is 0 Å². The van der Waals surface area contributed by atoms with E-state index in [1.165, 1.54) is 6.20 Å². The van der Waals surface area contributed by atoms with Crippen molar-refractivity contribution in [1.29, 1.82) is 0 Å². The molecule has 0 aliphatic heterocycles. The monoisotopic (exact) mass is 237 g/mol. The maximum absolute atomic E-state index is 10.6. The molecule has 0 atom stereocenters. The SMILES string of the molecule is Cc1oncc1C(=O)I. The second-order valence-corrected chi connectivity index (χ2v) is 2.55. The lowest BCUT2D eigenvalue weighted by Gasteiger charge is -1.82. The van der Waals surface area contributed by atoms with Crippen molar-refractivity contribution in [1.82, 2.24) is 5.16 Å². The molecule has 0 amide bonds. The van der Waals surface area contributed by atoms with Crippen molar-refractivity contribution in [3.05, 3.63) is 17.5 Å². The zero-order valence-corrected chi connectivity index (χ0v) is 6.88. The molecule has 1 aromatic rings. The second-order valence-electron chi connectivity index (χ2n) is 1.57. The van der Waals surface area contributed by atoms with Crippen LogP contribution in [0.1, 0.15) is 16.1 Å². The first-order valence-corrected chi connectivity index (χ1v) is 3.41. The summed E-state index contributed by atoms with van der Waals surface area (Å²) >= 11 is 1.69. The summed E-state index contributed by atoms with van der Waals surface area (Å²) in [5.74, 6) is 0.578. The fraction of sp³-hybridized carbons (Fsp3) is 0.200. The lowest BCUT2D eigenvalue weighted by molar-refractivity contribution is 0.110. The maximum atomic E-state index is 10.6. The number of aromatic nitrogens is 1.